The van der Waals surface area contributed by atoms with Gasteiger partial charge in [0, 0.05) is 15.8 Å². The summed E-state index contributed by atoms with van der Waals surface area (Å²) in [6.07, 6.45) is -3.41. The Labute approximate surface area is 165 Å². The predicted octanol–water partition coefficient (Wildman–Crippen LogP) is 6.46. The zero-order valence-corrected chi connectivity index (χ0v) is 17.7. The fourth-order valence-corrected chi connectivity index (χ4v) is 7.90. The molecule has 0 aliphatic heterocycles. The van der Waals surface area contributed by atoms with Gasteiger partial charge < -0.3 is 0 Å². The zero-order valence-electron chi connectivity index (χ0n) is 16.0. The Morgan fingerprint density at radius 3 is 1.89 bits per heavy atom. The molecule has 3 rings (SSSR count). The molecule has 0 radical (unpaired) electrons. The maximum absolute atomic E-state index is 14.2. The molecule has 27 heavy (non-hydrogen) atoms. The smallest absolute Gasteiger partial charge is 0.238 e. The van der Waals surface area contributed by atoms with Crippen molar-refractivity contribution in [3.63, 3.8) is 0 Å². The van der Waals surface area contributed by atoms with Crippen molar-refractivity contribution in [1.82, 2.24) is 0 Å². The van der Waals surface area contributed by atoms with Crippen LogP contribution >= 0.6 is 17.7 Å². The predicted molar refractivity (Wildman–Crippen MR) is 116 cm³/mol. The summed E-state index contributed by atoms with van der Waals surface area (Å²) in [6, 6.07) is 20.9. The molecule has 2 nitrogen and oxygen atoms in total. The van der Waals surface area contributed by atoms with Gasteiger partial charge in [-0.3, -0.25) is 9.36 Å². The monoisotopic (exact) mass is 394 g/mol. The van der Waals surface area contributed by atoms with Gasteiger partial charge in [-0.05, 0) is 62.3 Å². The van der Waals surface area contributed by atoms with Crippen LogP contribution < -0.4 is 5.30 Å². The second kappa shape index (κ2) is 7.88. The molecule has 0 fully saturated rings. The summed E-state index contributed by atoms with van der Waals surface area (Å²) >= 11 is 1.18. The fraction of sp³-hybridized carbons (Fsp3) is 0.174. The number of hydrogen-bond donors (Lipinski definition) is 0. The first-order chi connectivity index (χ1) is 12.8. The van der Waals surface area contributed by atoms with E-state index < -0.39 is 6.34 Å². The van der Waals surface area contributed by atoms with E-state index in [1.54, 1.807) is 12.1 Å². The maximum atomic E-state index is 14.2. The molecule has 138 valence electrons. The molecule has 3 aromatic rings. The van der Waals surface area contributed by atoms with E-state index in [4.69, 9.17) is 0 Å². The van der Waals surface area contributed by atoms with Crippen LogP contribution in [0.15, 0.2) is 71.6 Å². The number of carbonyl (C=O) groups is 1. The van der Waals surface area contributed by atoms with Crippen molar-refractivity contribution in [3.8, 4) is 0 Å². The van der Waals surface area contributed by atoms with Crippen molar-refractivity contribution in [2.45, 2.75) is 32.6 Å². The van der Waals surface area contributed by atoms with Crippen LogP contribution in [0, 0.1) is 27.7 Å². The Hall–Kier alpha value is -2.09. The molecule has 0 heterocycles. The molecule has 0 saturated heterocycles. The lowest BCUT2D eigenvalue weighted by atomic mass is 10.0. The Morgan fingerprint density at radius 2 is 1.33 bits per heavy atom. The van der Waals surface area contributed by atoms with Crippen LogP contribution in [0.1, 0.15) is 32.6 Å². The van der Waals surface area contributed by atoms with Crippen molar-refractivity contribution < 1.29 is 9.36 Å². The highest BCUT2D eigenvalue weighted by Crippen LogP contribution is 2.63. The molecule has 0 spiro atoms. The van der Waals surface area contributed by atoms with E-state index in [2.05, 4.69) is 0 Å². The molecule has 3 aromatic carbocycles. The lowest BCUT2D eigenvalue weighted by Gasteiger charge is -2.20. The van der Waals surface area contributed by atoms with E-state index in [9.17, 15) is 9.36 Å². The molecular weight excluding hydrogens is 371 g/mol. The molecule has 0 saturated carbocycles. The molecule has 0 aromatic heterocycles. The van der Waals surface area contributed by atoms with E-state index in [1.165, 1.54) is 11.4 Å². The average Bonchev–Trinajstić information content (AvgIpc) is 2.63. The largest absolute Gasteiger partial charge is 0.298 e. The number of hydrogen-bond acceptors (Lipinski definition) is 3. The summed E-state index contributed by atoms with van der Waals surface area (Å²) in [5, 5.41) is 0.583. The Balaban J connectivity index is 2.14. The van der Waals surface area contributed by atoms with E-state index in [1.807, 2.05) is 82.3 Å². The van der Waals surface area contributed by atoms with Gasteiger partial charge in [0.2, 0.25) is 11.9 Å². The highest BCUT2D eigenvalue weighted by molar-refractivity contribution is 8.65. The standard InChI is InChI=1S/C23H23O2PS/c1-16-10-12-21(13-11-16)27-26(25,20-8-6-5-7-9-20)23(24)22-18(3)14-17(2)15-19(22)4/h5-15H,1-4H3. The van der Waals surface area contributed by atoms with Crippen LogP contribution in [0.25, 0.3) is 0 Å². The minimum absolute atomic E-state index is 0.283. The van der Waals surface area contributed by atoms with Gasteiger partial charge in [-0.25, -0.2) is 0 Å². The lowest BCUT2D eigenvalue weighted by molar-refractivity contribution is 0.107. The minimum atomic E-state index is -3.41. The molecular formula is C23H23O2PS. The molecule has 0 aliphatic rings. The maximum Gasteiger partial charge on any atom is 0.238 e. The molecule has 1 atom stereocenters. The summed E-state index contributed by atoms with van der Waals surface area (Å²) in [5.74, 6) is 0. The van der Waals surface area contributed by atoms with Crippen molar-refractivity contribution in [3.05, 3.63) is 94.5 Å². The second-order valence-corrected chi connectivity index (χ2v) is 11.6. The first-order valence-corrected chi connectivity index (χ1v) is 12.0. The minimum Gasteiger partial charge on any atom is -0.298 e. The fourth-order valence-electron chi connectivity index (χ4n) is 3.25. The lowest BCUT2D eigenvalue weighted by Crippen LogP contribution is -2.13. The summed E-state index contributed by atoms with van der Waals surface area (Å²) < 4.78 is 14.2. The van der Waals surface area contributed by atoms with Crippen LogP contribution in [-0.2, 0) is 4.57 Å². The van der Waals surface area contributed by atoms with Crippen LogP contribution in [0.2, 0.25) is 0 Å². The van der Waals surface area contributed by atoms with Crippen molar-refractivity contribution in [2.75, 3.05) is 0 Å². The number of aryl methyl sites for hydroxylation is 4. The summed E-state index contributed by atoms with van der Waals surface area (Å²) in [7, 11) is 0. The van der Waals surface area contributed by atoms with Gasteiger partial charge in [0.05, 0.1) is 0 Å². The summed E-state index contributed by atoms with van der Waals surface area (Å²) in [5.41, 5.74) is 4.27. The third-order valence-corrected chi connectivity index (χ3v) is 9.52. The van der Waals surface area contributed by atoms with Gasteiger partial charge in [-0.15, -0.1) is 0 Å². The van der Waals surface area contributed by atoms with Crippen LogP contribution in [0.3, 0.4) is 0 Å². The highest BCUT2D eigenvalue weighted by atomic mass is 32.7. The van der Waals surface area contributed by atoms with Gasteiger partial charge in [-0.2, -0.15) is 0 Å². The van der Waals surface area contributed by atoms with Crippen LogP contribution in [0.5, 0.6) is 0 Å². The van der Waals surface area contributed by atoms with E-state index in [0.717, 1.165) is 27.1 Å². The summed E-state index contributed by atoms with van der Waals surface area (Å²) in [4.78, 5) is 14.4. The normalized spacial score (nSPS) is 13.2. The molecule has 0 bridgehead atoms. The third kappa shape index (κ3) is 4.10. The van der Waals surface area contributed by atoms with Crippen LogP contribution in [0.4, 0.5) is 0 Å². The molecule has 0 amide bonds. The van der Waals surface area contributed by atoms with Crippen molar-refractivity contribution in [1.29, 1.82) is 0 Å². The van der Waals surface area contributed by atoms with Gasteiger partial charge in [-0.1, -0.05) is 65.7 Å². The van der Waals surface area contributed by atoms with Crippen molar-refractivity contribution in [2.24, 2.45) is 0 Å². The van der Waals surface area contributed by atoms with Crippen molar-refractivity contribution >= 4 is 28.6 Å². The Kier molecular flexibility index (Phi) is 5.74. The van der Waals surface area contributed by atoms with E-state index in [-0.39, 0.29) is 5.52 Å². The first kappa shape index (κ1) is 19.7. The topological polar surface area (TPSA) is 34.1 Å². The second-order valence-electron chi connectivity index (χ2n) is 6.87. The summed E-state index contributed by atoms with van der Waals surface area (Å²) in [6.45, 7) is 7.85. The Morgan fingerprint density at radius 1 is 0.778 bits per heavy atom. The first-order valence-electron chi connectivity index (χ1n) is 8.86. The molecule has 0 N–H and O–H groups in total. The highest BCUT2D eigenvalue weighted by Gasteiger charge is 2.37. The number of carbonyl (C=O) groups excluding carboxylic acids is 1. The number of benzene rings is 3. The molecule has 0 aliphatic carbocycles. The SMILES string of the molecule is Cc1ccc(SP(=O)(C(=O)c2c(C)cc(C)cc2C)c2ccccc2)cc1. The van der Waals surface area contributed by atoms with Gasteiger partial charge in [0.25, 0.3) is 0 Å². The molecule has 4 heteroatoms. The third-order valence-electron chi connectivity index (χ3n) is 4.51. The number of rotatable bonds is 5. The van der Waals surface area contributed by atoms with Crippen LogP contribution in [-0.4, -0.2) is 5.52 Å². The van der Waals surface area contributed by atoms with Gasteiger partial charge in [0.15, 0.2) is 0 Å². The Bertz CT molecular complexity index is 1000. The molecule has 1 unspecified atom stereocenters. The quantitative estimate of drug-likeness (QED) is 0.466. The average molecular weight is 394 g/mol. The van der Waals surface area contributed by atoms with E-state index >= 15 is 0 Å². The van der Waals surface area contributed by atoms with E-state index in [0.29, 0.717) is 10.9 Å². The van der Waals surface area contributed by atoms with Gasteiger partial charge >= 0.3 is 0 Å². The zero-order chi connectivity index (χ0) is 19.6. The van der Waals surface area contributed by atoms with Gasteiger partial charge in [0.1, 0.15) is 0 Å².